The molecule has 0 saturated heterocycles. The zero-order chi connectivity index (χ0) is 14.5. The average molecular weight is 294 g/mol. The highest BCUT2D eigenvalue weighted by Gasteiger charge is 2.14. The molecule has 4 nitrogen and oxygen atoms in total. The third-order valence-electron chi connectivity index (χ3n) is 3.21. The van der Waals surface area contributed by atoms with Gasteiger partial charge < -0.3 is 10.1 Å². The van der Waals surface area contributed by atoms with Crippen LogP contribution in [0.15, 0.2) is 24.3 Å². The van der Waals surface area contributed by atoms with Crippen molar-refractivity contribution in [1.29, 1.82) is 0 Å². The summed E-state index contributed by atoms with van der Waals surface area (Å²) in [5.41, 5.74) is 2.95. The zero-order valence-corrected chi connectivity index (χ0v) is 12.9. The maximum Gasteiger partial charge on any atom is 0.131 e. The summed E-state index contributed by atoms with van der Waals surface area (Å²) < 4.78 is 7.70. The fourth-order valence-corrected chi connectivity index (χ4v) is 2.45. The largest absolute Gasteiger partial charge is 0.487 e. The van der Waals surface area contributed by atoms with E-state index in [9.17, 15) is 0 Å². The topological polar surface area (TPSA) is 39.1 Å². The fraction of sp³-hybridized carbons (Fsp3) is 0.400. The molecule has 0 aliphatic heterocycles. The van der Waals surface area contributed by atoms with Gasteiger partial charge in [-0.15, -0.1) is 0 Å². The minimum Gasteiger partial charge on any atom is -0.487 e. The van der Waals surface area contributed by atoms with Crippen LogP contribution in [0.25, 0.3) is 0 Å². The van der Waals surface area contributed by atoms with Gasteiger partial charge >= 0.3 is 0 Å². The van der Waals surface area contributed by atoms with E-state index in [1.807, 2.05) is 45.3 Å². The molecule has 0 bridgehead atoms. The number of aryl methyl sites for hydroxylation is 2. The van der Waals surface area contributed by atoms with Gasteiger partial charge in [0.05, 0.1) is 16.4 Å². The Kier molecular flexibility index (Phi) is 5.04. The highest BCUT2D eigenvalue weighted by Crippen LogP contribution is 2.24. The van der Waals surface area contributed by atoms with Crippen LogP contribution in [0.2, 0.25) is 5.02 Å². The molecule has 0 amide bonds. The third kappa shape index (κ3) is 3.14. The van der Waals surface area contributed by atoms with E-state index in [4.69, 9.17) is 16.3 Å². The zero-order valence-electron chi connectivity index (χ0n) is 12.1. The molecule has 0 atom stereocenters. The van der Waals surface area contributed by atoms with Crippen molar-refractivity contribution in [2.24, 2.45) is 7.05 Å². The maximum atomic E-state index is 6.32. The molecule has 1 aromatic heterocycles. The van der Waals surface area contributed by atoms with Crippen LogP contribution in [0.1, 0.15) is 23.9 Å². The molecular weight excluding hydrogens is 274 g/mol. The quantitative estimate of drug-likeness (QED) is 0.890. The lowest BCUT2D eigenvalue weighted by molar-refractivity contribution is 0.291. The van der Waals surface area contributed by atoms with Gasteiger partial charge in [-0.2, -0.15) is 5.10 Å². The number of hydrogen-bond acceptors (Lipinski definition) is 3. The van der Waals surface area contributed by atoms with Crippen molar-refractivity contribution in [2.75, 3.05) is 7.05 Å². The molecule has 0 aliphatic carbocycles. The van der Waals surface area contributed by atoms with E-state index in [1.165, 1.54) is 0 Å². The van der Waals surface area contributed by atoms with E-state index >= 15 is 0 Å². The van der Waals surface area contributed by atoms with Crippen LogP contribution in [0.5, 0.6) is 5.75 Å². The van der Waals surface area contributed by atoms with E-state index in [0.29, 0.717) is 11.6 Å². The Hall–Kier alpha value is -1.52. The van der Waals surface area contributed by atoms with Crippen LogP contribution in [-0.2, 0) is 26.6 Å². The summed E-state index contributed by atoms with van der Waals surface area (Å²) in [5.74, 6) is 0.872. The van der Waals surface area contributed by atoms with Crippen molar-refractivity contribution < 1.29 is 4.74 Å². The SMILES string of the molecule is CCc1nn(C)c(COc2ccccc2CNC)c1Cl. The minimum absolute atomic E-state index is 0.420. The monoisotopic (exact) mass is 293 g/mol. The number of halogens is 1. The Morgan fingerprint density at radius 2 is 2.10 bits per heavy atom. The second-order valence-electron chi connectivity index (χ2n) is 4.61. The van der Waals surface area contributed by atoms with E-state index in [0.717, 1.165) is 35.7 Å². The number of nitrogens with one attached hydrogen (secondary N) is 1. The van der Waals surface area contributed by atoms with Gasteiger partial charge in [0.15, 0.2) is 0 Å². The van der Waals surface area contributed by atoms with Gasteiger partial charge in [-0.3, -0.25) is 4.68 Å². The molecule has 0 spiro atoms. The lowest BCUT2D eigenvalue weighted by atomic mass is 10.2. The molecule has 2 rings (SSSR count). The number of benzene rings is 1. The summed E-state index contributed by atoms with van der Waals surface area (Å²) in [4.78, 5) is 0. The maximum absolute atomic E-state index is 6.32. The second kappa shape index (κ2) is 6.77. The summed E-state index contributed by atoms with van der Waals surface area (Å²) >= 11 is 6.32. The lowest BCUT2D eigenvalue weighted by Gasteiger charge is -2.11. The van der Waals surface area contributed by atoms with Gasteiger partial charge in [0, 0.05) is 19.2 Å². The van der Waals surface area contributed by atoms with Crippen molar-refractivity contribution >= 4 is 11.6 Å². The Morgan fingerprint density at radius 1 is 1.35 bits per heavy atom. The van der Waals surface area contributed by atoms with Crippen LogP contribution >= 0.6 is 11.6 Å². The Labute approximate surface area is 124 Å². The molecular formula is C15H20ClN3O. The van der Waals surface area contributed by atoms with Gasteiger partial charge in [0.25, 0.3) is 0 Å². The number of ether oxygens (including phenoxy) is 1. The lowest BCUT2D eigenvalue weighted by Crippen LogP contribution is -2.09. The molecule has 1 N–H and O–H groups in total. The molecule has 0 saturated carbocycles. The van der Waals surface area contributed by atoms with Gasteiger partial charge in [0.1, 0.15) is 12.4 Å². The second-order valence-corrected chi connectivity index (χ2v) is 4.99. The number of rotatable bonds is 6. The Balaban J connectivity index is 2.15. The first kappa shape index (κ1) is 14.9. The standard InChI is InChI=1S/C15H20ClN3O/c1-4-12-15(16)13(19(3)18-12)10-20-14-8-6-5-7-11(14)9-17-2/h5-8,17H,4,9-10H2,1-3H3. The molecule has 1 heterocycles. The third-order valence-corrected chi connectivity index (χ3v) is 3.64. The highest BCUT2D eigenvalue weighted by molar-refractivity contribution is 6.31. The van der Waals surface area contributed by atoms with E-state index in [-0.39, 0.29) is 0 Å². The molecule has 0 radical (unpaired) electrons. The fourth-order valence-electron chi connectivity index (χ4n) is 2.10. The predicted molar refractivity (Wildman–Crippen MR) is 81.1 cm³/mol. The first-order valence-corrected chi connectivity index (χ1v) is 7.10. The van der Waals surface area contributed by atoms with Gasteiger partial charge in [-0.05, 0) is 19.5 Å². The number of aromatic nitrogens is 2. The summed E-state index contributed by atoms with van der Waals surface area (Å²) in [6.07, 6.45) is 0.822. The average Bonchev–Trinajstić information content (AvgIpc) is 2.73. The number of para-hydroxylation sites is 1. The Bertz CT molecular complexity index is 580. The molecule has 1 aromatic carbocycles. The summed E-state index contributed by atoms with van der Waals surface area (Å²) in [6.45, 7) is 3.24. The van der Waals surface area contributed by atoms with Crippen LogP contribution in [0, 0.1) is 0 Å². The number of hydrogen-bond donors (Lipinski definition) is 1. The summed E-state index contributed by atoms with van der Waals surface area (Å²) in [6, 6.07) is 7.99. The van der Waals surface area contributed by atoms with Crippen LogP contribution in [-0.4, -0.2) is 16.8 Å². The molecule has 108 valence electrons. The molecule has 2 aromatic rings. The smallest absolute Gasteiger partial charge is 0.131 e. The van der Waals surface area contributed by atoms with Crippen LogP contribution < -0.4 is 10.1 Å². The van der Waals surface area contributed by atoms with E-state index < -0.39 is 0 Å². The highest BCUT2D eigenvalue weighted by atomic mass is 35.5. The summed E-state index contributed by atoms with van der Waals surface area (Å²) in [5, 5.41) is 8.24. The van der Waals surface area contributed by atoms with Crippen molar-refractivity contribution in [3.05, 3.63) is 46.2 Å². The van der Waals surface area contributed by atoms with Crippen LogP contribution in [0.3, 0.4) is 0 Å². The molecule has 5 heteroatoms. The van der Waals surface area contributed by atoms with Crippen molar-refractivity contribution in [1.82, 2.24) is 15.1 Å². The van der Waals surface area contributed by atoms with Crippen molar-refractivity contribution in [3.8, 4) is 5.75 Å². The van der Waals surface area contributed by atoms with Crippen LogP contribution in [0.4, 0.5) is 0 Å². The van der Waals surface area contributed by atoms with Gasteiger partial charge in [-0.1, -0.05) is 36.7 Å². The molecule has 0 fully saturated rings. The predicted octanol–water partition coefficient (Wildman–Crippen LogP) is 2.93. The molecule has 0 aliphatic rings. The van der Waals surface area contributed by atoms with Crippen molar-refractivity contribution in [2.45, 2.75) is 26.5 Å². The van der Waals surface area contributed by atoms with E-state index in [2.05, 4.69) is 10.4 Å². The van der Waals surface area contributed by atoms with Gasteiger partial charge in [0.2, 0.25) is 0 Å². The first-order valence-electron chi connectivity index (χ1n) is 6.72. The minimum atomic E-state index is 0.420. The first-order chi connectivity index (χ1) is 9.67. The summed E-state index contributed by atoms with van der Waals surface area (Å²) in [7, 11) is 3.81. The number of nitrogens with zero attached hydrogens (tertiary/aromatic N) is 2. The molecule has 0 unspecified atom stereocenters. The molecule has 20 heavy (non-hydrogen) atoms. The van der Waals surface area contributed by atoms with E-state index in [1.54, 1.807) is 4.68 Å². The van der Waals surface area contributed by atoms with Crippen molar-refractivity contribution in [3.63, 3.8) is 0 Å². The van der Waals surface area contributed by atoms with Gasteiger partial charge in [-0.25, -0.2) is 0 Å². The normalized spacial score (nSPS) is 10.8. The Morgan fingerprint density at radius 3 is 2.75 bits per heavy atom.